The summed E-state index contributed by atoms with van der Waals surface area (Å²) in [4.78, 5) is 14.1. The Labute approximate surface area is 255 Å². The highest BCUT2D eigenvalue weighted by atomic mass is 32.2. The lowest BCUT2D eigenvalue weighted by Crippen LogP contribution is -2.49. The van der Waals surface area contributed by atoms with Gasteiger partial charge in [0.1, 0.15) is 23.6 Å². The van der Waals surface area contributed by atoms with Crippen molar-refractivity contribution in [3.63, 3.8) is 0 Å². The number of rotatable bonds is 10. The summed E-state index contributed by atoms with van der Waals surface area (Å²) in [5.74, 6) is 1.55. The number of tetrazole rings is 1. The summed E-state index contributed by atoms with van der Waals surface area (Å²) >= 11 is 1.51. The molecule has 13 heteroatoms. The number of nitrogens with zero attached hydrogens (tertiary/aromatic N) is 9. The fourth-order valence-electron chi connectivity index (χ4n) is 5.38. The molecule has 1 unspecified atom stereocenters. The van der Waals surface area contributed by atoms with Crippen LogP contribution in [0.1, 0.15) is 25.3 Å². The molecule has 1 atom stereocenters. The van der Waals surface area contributed by atoms with E-state index < -0.39 is 0 Å². The third kappa shape index (κ3) is 7.40. The molecule has 4 heterocycles. The molecule has 2 aromatic heterocycles. The van der Waals surface area contributed by atoms with Crippen LogP contribution in [0.15, 0.2) is 61.2 Å². The molecular formula is C30H34N10O2S. The maximum Gasteiger partial charge on any atom is 0.227 e. The molecule has 0 radical (unpaired) electrons. The van der Waals surface area contributed by atoms with Crippen molar-refractivity contribution in [2.24, 2.45) is 0 Å². The highest BCUT2D eigenvalue weighted by Gasteiger charge is 2.26. The average molecular weight is 599 g/mol. The molecule has 43 heavy (non-hydrogen) atoms. The molecule has 0 aliphatic carbocycles. The summed E-state index contributed by atoms with van der Waals surface area (Å²) in [5, 5.41) is 24.0. The Bertz CT molecular complexity index is 1500. The highest BCUT2D eigenvalue weighted by molar-refractivity contribution is 7.98. The number of thioether (sulfide) groups is 1. The quantitative estimate of drug-likeness (QED) is 0.263. The van der Waals surface area contributed by atoms with Crippen molar-refractivity contribution < 1.29 is 9.47 Å². The van der Waals surface area contributed by atoms with Crippen LogP contribution in [0.5, 0.6) is 5.75 Å². The van der Waals surface area contributed by atoms with Crippen LogP contribution in [0.3, 0.4) is 0 Å². The van der Waals surface area contributed by atoms with Gasteiger partial charge in [-0.2, -0.15) is 5.26 Å². The summed E-state index contributed by atoms with van der Waals surface area (Å²) in [5.41, 5.74) is 4.10. The zero-order valence-electron chi connectivity index (χ0n) is 24.0. The van der Waals surface area contributed by atoms with E-state index >= 15 is 0 Å². The molecular weight excluding hydrogens is 564 g/mol. The van der Waals surface area contributed by atoms with E-state index in [4.69, 9.17) is 9.47 Å². The zero-order chi connectivity index (χ0) is 29.4. The van der Waals surface area contributed by atoms with Gasteiger partial charge < -0.3 is 19.7 Å². The summed E-state index contributed by atoms with van der Waals surface area (Å²) in [6.07, 6.45) is 7.46. The smallest absolute Gasteiger partial charge is 0.227 e. The van der Waals surface area contributed by atoms with Crippen LogP contribution in [0.25, 0.3) is 11.1 Å². The first-order valence-corrected chi connectivity index (χ1v) is 15.5. The minimum absolute atomic E-state index is 0.220. The SMILES string of the molecule is CC(Oc1cc(-c2cnc(Nc3ccc(N4CCC(N5CCOCC5)CC4)cc3)nc2)ccc1C#N)SCn1cnnn1. The molecule has 1 N–H and O–H groups in total. The molecule has 6 rings (SSSR count). The number of nitriles is 1. The topological polar surface area (TPSA) is 130 Å². The van der Waals surface area contributed by atoms with E-state index in [1.165, 1.54) is 30.3 Å². The van der Waals surface area contributed by atoms with Crippen LogP contribution in [0, 0.1) is 11.3 Å². The molecule has 2 aliphatic heterocycles. The number of nitrogens with one attached hydrogen (secondary N) is 1. The molecule has 0 amide bonds. The fraction of sp³-hybridized carbons (Fsp3) is 0.400. The molecule has 222 valence electrons. The molecule has 2 fully saturated rings. The number of piperidine rings is 1. The zero-order valence-corrected chi connectivity index (χ0v) is 24.9. The first-order chi connectivity index (χ1) is 21.1. The molecule has 12 nitrogen and oxygen atoms in total. The number of anilines is 3. The van der Waals surface area contributed by atoms with Crippen LogP contribution in [-0.4, -0.2) is 85.9 Å². The maximum atomic E-state index is 9.59. The lowest BCUT2D eigenvalue weighted by Gasteiger charge is -2.40. The van der Waals surface area contributed by atoms with Gasteiger partial charge in [-0.05, 0) is 72.2 Å². The standard InChI is InChI=1S/C30H34N10O2S/c1-22(43-21-40-20-34-36-37-40)42-29-16-23(2-3-24(29)17-31)25-18-32-30(33-19-25)35-26-4-6-27(7-5-26)38-10-8-28(9-11-38)39-12-14-41-15-13-39/h2-7,16,18-20,22,28H,8-15,21H2,1H3,(H,32,33,35). The number of aromatic nitrogens is 6. The lowest BCUT2D eigenvalue weighted by molar-refractivity contribution is 0.0115. The molecule has 0 spiro atoms. The molecule has 2 aliphatic rings. The molecule has 2 aromatic carbocycles. The number of hydrogen-bond acceptors (Lipinski definition) is 12. The number of benzene rings is 2. The minimum atomic E-state index is -0.220. The summed E-state index contributed by atoms with van der Waals surface area (Å²) in [6.45, 7) is 7.89. The monoisotopic (exact) mass is 598 g/mol. The Morgan fingerprint density at radius 2 is 1.81 bits per heavy atom. The number of morpholine rings is 1. The van der Waals surface area contributed by atoms with E-state index in [9.17, 15) is 5.26 Å². The second-order valence-electron chi connectivity index (χ2n) is 10.5. The second kappa shape index (κ2) is 13.8. The van der Waals surface area contributed by atoms with E-state index in [2.05, 4.69) is 70.9 Å². The van der Waals surface area contributed by atoms with Crippen molar-refractivity contribution in [2.45, 2.75) is 37.1 Å². The third-order valence-corrected chi connectivity index (χ3v) is 8.71. The van der Waals surface area contributed by atoms with Crippen molar-refractivity contribution >= 4 is 29.1 Å². The van der Waals surface area contributed by atoms with Gasteiger partial charge in [0.2, 0.25) is 5.95 Å². The average Bonchev–Trinajstić information content (AvgIpc) is 3.59. The van der Waals surface area contributed by atoms with Gasteiger partial charge in [-0.3, -0.25) is 4.90 Å². The van der Waals surface area contributed by atoms with Gasteiger partial charge in [0.15, 0.2) is 0 Å². The van der Waals surface area contributed by atoms with Gasteiger partial charge in [-0.15, -0.1) is 5.10 Å². The molecule has 4 aromatic rings. The van der Waals surface area contributed by atoms with Gasteiger partial charge in [0.05, 0.1) is 24.7 Å². The van der Waals surface area contributed by atoms with Gasteiger partial charge in [-0.1, -0.05) is 17.8 Å². The van der Waals surface area contributed by atoms with E-state index in [1.54, 1.807) is 29.5 Å². The van der Waals surface area contributed by atoms with Crippen molar-refractivity contribution in [3.8, 4) is 22.9 Å². The van der Waals surface area contributed by atoms with Crippen LogP contribution < -0.4 is 15.0 Å². The van der Waals surface area contributed by atoms with Gasteiger partial charge in [0, 0.05) is 61.6 Å². The molecule has 0 saturated carbocycles. The molecule has 2 saturated heterocycles. The normalized spacial score (nSPS) is 16.9. The predicted molar refractivity (Wildman–Crippen MR) is 165 cm³/mol. The highest BCUT2D eigenvalue weighted by Crippen LogP contribution is 2.30. The predicted octanol–water partition coefficient (Wildman–Crippen LogP) is 4.16. The largest absolute Gasteiger partial charge is 0.479 e. The van der Waals surface area contributed by atoms with Crippen molar-refractivity contribution in [3.05, 3.63) is 66.7 Å². The van der Waals surface area contributed by atoms with Crippen LogP contribution in [0.2, 0.25) is 0 Å². The Hall–Kier alpha value is -4.25. The summed E-state index contributed by atoms with van der Waals surface area (Å²) < 4.78 is 13.2. The number of ether oxygens (including phenoxy) is 2. The Balaban J connectivity index is 1.04. The second-order valence-corrected chi connectivity index (χ2v) is 11.7. The van der Waals surface area contributed by atoms with E-state index in [1.807, 2.05) is 19.1 Å². The first-order valence-electron chi connectivity index (χ1n) is 14.4. The minimum Gasteiger partial charge on any atom is -0.479 e. The van der Waals surface area contributed by atoms with Crippen LogP contribution >= 0.6 is 11.8 Å². The lowest BCUT2D eigenvalue weighted by atomic mass is 10.0. The van der Waals surface area contributed by atoms with Crippen molar-refractivity contribution in [1.82, 2.24) is 35.1 Å². The first kappa shape index (κ1) is 28.9. The van der Waals surface area contributed by atoms with Gasteiger partial charge in [-0.25, -0.2) is 14.6 Å². The fourth-order valence-corrected chi connectivity index (χ4v) is 6.04. The Kier molecular flexibility index (Phi) is 9.27. The van der Waals surface area contributed by atoms with E-state index in [-0.39, 0.29) is 5.44 Å². The Morgan fingerprint density at radius 3 is 2.51 bits per heavy atom. The summed E-state index contributed by atoms with van der Waals surface area (Å²) in [7, 11) is 0. The van der Waals surface area contributed by atoms with Crippen LogP contribution in [0.4, 0.5) is 17.3 Å². The van der Waals surface area contributed by atoms with Crippen molar-refractivity contribution in [2.75, 3.05) is 49.6 Å². The Morgan fingerprint density at radius 1 is 1.05 bits per heavy atom. The van der Waals surface area contributed by atoms with Crippen LogP contribution in [-0.2, 0) is 10.6 Å². The van der Waals surface area contributed by atoms with E-state index in [0.29, 0.717) is 29.2 Å². The van der Waals surface area contributed by atoms with Gasteiger partial charge >= 0.3 is 0 Å². The van der Waals surface area contributed by atoms with E-state index in [0.717, 1.165) is 56.2 Å². The maximum absolute atomic E-state index is 9.59. The third-order valence-electron chi connectivity index (χ3n) is 7.73. The summed E-state index contributed by atoms with van der Waals surface area (Å²) in [6, 6.07) is 16.8. The van der Waals surface area contributed by atoms with Gasteiger partial charge in [0.25, 0.3) is 0 Å². The van der Waals surface area contributed by atoms with Crippen molar-refractivity contribution in [1.29, 1.82) is 5.26 Å². The molecule has 0 bridgehead atoms. The number of hydrogen-bond donors (Lipinski definition) is 1.